The van der Waals surface area contributed by atoms with Crippen molar-refractivity contribution in [1.82, 2.24) is 15.2 Å². The van der Waals surface area contributed by atoms with Crippen LogP contribution in [0.5, 0.6) is 0 Å². The normalized spacial score (nSPS) is 12.4. The zero-order chi connectivity index (χ0) is 14.1. The van der Waals surface area contributed by atoms with Crippen LogP contribution < -0.4 is 5.32 Å². The number of rotatable bonds is 8. The van der Waals surface area contributed by atoms with Crippen LogP contribution in [0.1, 0.15) is 12.6 Å². The summed E-state index contributed by atoms with van der Waals surface area (Å²) in [5.41, 5.74) is 1.06. The fourth-order valence-electron chi connectivity index (χ4n) is 1.87. The molecule has 0 aliphatic carbocycles. The number of carbonyl (C=O) groups excluding carboxylic acids is 1. The van der Waals surface area contributed by atoms with Gasteiger partial charge in [-0.1, -0.05) is 13.0 Å². The Morgan fingerprint density at radius 2 is 2.32 bits per heavy atom. The van der Waals surface area contributed by atoms with Crippen molar-refractivity contribution in [2.75, 3.05) is 33.8 Å². The molecule has 0 aliphatic rings. The van der Waals surface area contributed by atoms with Crippen LogP contribution in [0.15, 0.2) is 24.4 Å². The van der Waals surface area contributed by atoms with Crippen LogP contribution in [0, 0.1) is 0 Å². The minimum atomic E-state index is -0.274. The molecule has 1 aromatic heterocycles. The van der Waals surface area contributed by atoms with E-state index in [1.165, 1.54) is 7.11 Å². The molecule has 1 aromatic rings. The van der Waals surface area contributed by atoms with E-state index < -0.39 is 0 Å². The van der Waals surface area contributed by atoms with E-state index in [4.69, 9.17) is 4.74 Å². The standard InChI is InChI=1S/C14H23N3O2/c1-4-15-13(14(18)19-3)11-17(2)10-8-12-7-5-6-9-16-12/h5-7,9,13,15H,4,8,10-11H2,1-3H3. The van der Waals surface area contributed by atoms with Crippen LogP contribution in [-0.2, 0) is 16.0 Å². The zero-order valence-electron chi connectivity index (χ0n) is 11.9. The number of ether oxygens (including phenoxy) is 1. The van der Waals surface area contributed by atoms with Crippen molar-refractivity contribution in [2.45, 2.75) is 19.4 Å². The molecule has 1 atom stereocenters. The molecule has 5 nitrogen and oxygen atoms in total. The summed E-state index contributed by atoms with van der Waals surface area (Å²) in [6, 6.07) is 5.63. The number of hydrogen-bond donors (Lipinski definition) is 1. The Hall–Kier alpha value is -1.46. The number of esters is 1. The van der Waals surface area contributed by atoms with Gasteiger partial charge in [-0.05, 0) is 25.7 Å². The van der Waals surface area contributed by atoms with E-state index in [-0.39, 0.29) is 12.0 Å². The lowest BCUT2D eigenvalue weighted by Crippen LogP contribution is -2.46. The number of likely N-dealkylation sites (N-methyl/N-ethyl adjacent to an activating group) is 2. The molecule has 0 saturated carbocycles. The highest BCUT2D eigenvalue weighted by Crippen LogP contribution is 1.98. The SMILES string of the molecule is CCNC(CN(C)CCc1ccccn1)C(=O)OC. The molecule has 0 radical (unpaired) electrons. The molecule has 1 unspecified atom stereocenters. The van der Waals surface area contributed by atoms with Crippen molar-refractivity contribution in [2.24, 2.45) is 0 Å². The number of hydrogen-bond acceptors (Lipinski definition) is 5. The Morgan fingerprint density at radius 3 is 2.89 bits per heavy atom. The van der Waals surface area contributed by atoms with Crippen molar-refractivity contribution < 1.29 is 9.53 Å². The molecule has 1 N–H and O–H groups in total. The van der Waals surface area contributed by atoms with Crippen LogP contribution >= 0.6 is 0 Å². The summed E-state index contributed by atoms with van der Waals surface area (Å²) < 4.78 is 4.79. The third kappa shape index (κ3) is 5.81. The molecule has 0 spiro atoms. The predicted molar refractivity (Wildman–Crippen MR) is 74.9 cm³/mol. The Labute approximate surface area is 115 Å². The Kier molecular flexibility index (Phi) is 7.07. The Morgan fingerprint density at radius 1 is 1.53 bits per heavy atom. The molecular weight excluding hydrogens is 242 g/mol. The topological polar surface area (TPSA) is 54.5 Å². The van der Waals surface area contributed by atoms with Crippen LogP contribution in [0.2, 0.25) is 0 Å². The lowest BCUT2D eigenvalue weighted by atomic mass is 10.2. The van der Waals surface area contributed by atoms with Gasteiger partial charge in [0.25, 0.3) is 0 Å². The summed E-state index contributed by atoms with van der Waals surface area (Å²) in [6.07, 6.45) is 2.67. The van der Waals surface area contributed by atoms with Crippen LogP contribution in [0.3, 0.4) is 0 Å². The molecule has 0 fully saturated rings. The second-order valence-corrected chi connectivity index (χ2v) is 4.47. The summed E-state index contributed by atoms with van der Waals surface area (Å²) in [4.78, 5) is 18.0. The molecule has 1 rings (SSSR count). The zero-order valence-corrected chi connectivity index (χ0v) is 11.9. The smallest absolute Gasteiger partial charge is 0.324 e. The van der Waals surface area contributed by atoms with E-state index in [9.17, 15) is 4.79 Å². The van der Waals surface area contributed by atoms with Crippen molar-refractivity contribution in [3.8, 4) is 0 Å². The fraction of sp³-hybridized carbons (Fsp3) is 0.571. The third-order valence-corrected chi connectivity index (χ3v) is 2.91. The van der Waals surface area contributed by atoms with Crippen molar-refractivity contribution in [3.63, 3.8) is 0 Å². The maximum absolute atomic E-state index is 11.6. The molecule has 0 aliphatic heterocycles. The lowest BCUT2D eigenvalue weighted by Gasteiger charge is -2.22. The maximum atomic E-state index is 11.6. The maximum Gasteiger partial charge on any atom is 0.324 e. The molecule has 0 bridgehead atoms. The van der Waals surface area contributed by atoms with E-state index in [0.717, 1.165) is 25.2 Å². The minimum Gasteiger partial charge on any atom is -0.468 e. The first kappa shape index (κ1) is 15.6. The highest BCUT2D eigenvalue weighted by molar-refractivity contribution is 5.75. The first-order chi connectivity index (χ1) is 9.17. The number of pyridine rings is 1. The van der Waals surface area contributed by atoms with E-state index in [2.05, 4.69) is 15.2 Å². The minimum absolute atomic E-state index is 0.216. The van der Waals surface area contributed by atoms with Gasteiger partial charge in [-0.25, -0.2) is 0 Å². The van der Waals surface area contributed by atoms with Gasteiger partial charge >= 0.3 is 5.97 Å². The number of nitrogens with zero attached hydrogens (tertiary/aromatic N) is 2. The van der Waals surface area contributed by atoms with Gasteiger partial charge in [-0.2, -0.15) is 0 Å². The second-order valence-electron chi connectivity index (χ2n) is 4.47. The number of methoxy groups -OCH3 is 1. The first-order valence-corrected chi connectivity index (χ1v) is 6.57. The fourth-order valence-corrected chi connectivity index (χ4v) is 1.87. The van der Waals surface area contributed by atoms with Gasteiger partial charge in [0, 0.05) is 31.4 Å². The summed E-state index contributed by atoms with van der Waals surface area (Å²) in [7, 11) is 3.41. The lowest BCUT2D eigenvalue weighted by molar-refractivity contribution is -0.143. The van der Waals surface area contributed by atoms with E-state index in [0.29, 0.717) is 6.54 Å². The van der Waals surface area contributed by atoms with Gasteiger partial charge in [0.15, 0.2) is 0 Å². The monoisotopic (exact) mass is 265 g/mol. The van der Waals surface area contributed by atoms with Crippen molar-refractivity contribution in [1.29, 1.82) is 0 Å². The van der Waals surface area contributed by atoms with Crippen molar-refractivity contribution in [3.05, 3.63) is 30.1 Å². The number of aromatic nitrogens is 1. The van der Waals surface area contributed by atoms with E-state index in [1.807, 2.05) is 32.2 Å². The molecule has 0 aromatic carbocycles. The summed E-state index contributed by atoms with van der Waals surface area (Å²) in [5.74, 6) is -0.216. The number of nitrogens with one attached hydrogen (secondary N) is 1. The van der Waals surface area contributed by atoms with Crippen LogP contribution in [0.25, 0.3) is 0 Å². The van der Waals surface area contributed by atoms with Crippen LogP contribution in [-0.4, -0.2) is 55.7 Å². The molecule has 1 heterocycles. The Balaban J connectivity index is 2.40. The average molecular weight is 265 g/mol. The number of carbonyl (C=O) groups is 1. The average Bonchev–Trinajstić information content (AvgIpc) is 2.45. The molecule has 19 heavy (non-hydrogen) atoms. The molecule has 0 saturated heterocycles. The summed E-state index contributed by atoms with van der Waals surface area (Å²) >= 11 is 0. The van der Waals surface area contributed by atoms with Gasteiger partial charge in [-0.15, -0.1) is 0 Å². The summed E-state index contributed by atoms with van der Waals surface area (Å²) in [5, 5.41) is 3.13. The van der Waals surface area contributed by atoms with E-state index >= 15 is 0 Å². The van der Waals surface area contributed by atoms with Gasteiger partial charge in [0.2, 0.25) is 0 Å². The molecular formula is C14H23N3O2. The molecule has 106 valence electrons. The quantitative estimate of drug-likeness (QED) is 0.702. The highest BCUT2D eigenvalue weighted by atomic mass is 16.5. The molecule has 5 heteroatoms. The van der Waals surface area contributed by atoms with Gasteiger partial charge in [0.05, 0.1) is 7.11 Å². The van der Waals surface area contributed by atoms with Gasteiger partial charge < -0.3 is 15.0 Å². The second kappa shape index (κ2) is 8.61. The molecule has 0 amide bonds. The predicted octanol–water partition coefficient (Wildman–Crippen LogP) is 0.707. The van der Waals surface area contributed by atoms with Gasteiger partial charge in [0.1, 0.15) is 6.04 Å². The first-order valence-electron chi connectivity index (χ1n) is 6.57. The van der Waals surface area contributed by atoms with E-state index in [1.54, 1.807) is 6.20 Å². The van der Waals surface area contributed by atoms with Gasteiger partial charge in [-0.3, -0.25) is 9.78 Å². The summed E-state index contributed by atoms with van der Waals surface area (Å²) in [6.45, 7) is 4.21. The van der Waals surface area contributed by atoms with Crippen LogP contribution in [0.4, 0.5) is 0 Å². The Bertz CT molecular complexity index is 370. The van der Waals surface area contributed by atoms with Crippen molar-refractivity contribution >= 4 is 5.97 Å². The largest absolute Gasteiger partial charge is 0.468 e. The highest BCUT2D eigenvalue weighted by Gasteiger charge is 2.19. The third-order valence-electron chi connectivity index (χ3n) is 2.91.